The molecule has 0 saturated heterocycles. The highest BCUT2D eigenvalue weighted by Crippen LogP contribution is 2.39. The van der Waals surface area contributed by atoms with Gasteiger partial charge in [0.05, 0.1) is 67.4 Å². The van der Waals surface area contributed by atoms with Crippen molar-refractivity contribution in [3.63, 3.8) is 0 Å². The van der Waals surface area contributed by atoms with Gasteiger partial charge in [-0.05, 0) is 84.9 Å². The first-order valence-electron chi connectivity index (χ1n) is 14.6. The maximum absolute atomic E-state index is 9.83. The van der Waals surface area contributed by atoms with Gasteiger partial charge in [-0.1, -0.05) is 42.3 Å². The quantitative estimate of drug-likeness (QED) is 0.185. The predicted molar refractivity (Wildman–Crippen MR) is 181 cm³/mol. The average molecular weight is 572 g/mol. The minimum absolute atomic E-state index is 0.601. The molecule has 5 nitrogen and oxygen atoms in total. The third kappa shape index (κ3) is 3.31. The predicted octanol–water partition coefficient (Wildman–Crippen LogP) is 9.04. The zero-order valence-corrected chi connectivity index (χ0v) is 23.9. The van der Waals surface area contributed by atoms with Crippen LogP contribution in [0.25, 0.3) is 71.4 Å². The van der Waals surface area contributed by atoms with Crippen LogP contribution in [0.3, 0.4) is 0 Å². The van der Waals surface area contributed by atoms with E-state index in [0.29, 0.717) is 11.1 Å². The molecule has 0 saturated carbocycles. The molecule has 0 aliphatic heterocycles. The molecule has 0 unspecified atom stereocenters. The zero-order valence-electron chi connectivity index (χ0n) is 23.9. The third-order valence-corrected chi connectivity index (χ3v) is 8.93. The van der Waals surface area contributed by atoms with Gasteiger partial charge in [-0.25, -0.2) is 0 Å². The number of fused-ring (bicyclic) bond motifs is 9. The van der Waals surface area contributed by atoms with Crippen molar-refractivity contribution in [1.29, 1.82) is 10.5 Å². The van der Waals surface area contributed by atoms with E-state index in [1.54, 1.807) is 0 Å². The summed E-state index contributed by atoms with van der Waals surface area (Å²) < 4.78 is 6.96. The number of para-hydroxylation sites is 4. The van der Waals surface area contributed by atoms with Gasteiger partial charge in [0.1, 0.15) is 0 Å². The lowest BCUT2D eigenvalue weighted by Crippen LogP contribution is -1.99. The monoisotopic (exact) mass is 571 g/mol. The molecule has 3 aromatic heterocycles. The van der Waals surface area contributed by atoms with Crippen LogP contribution in [0.2, 0.25) is 0 Å². The van der Waals surface area contributed by atoms with Crippen molar-refractivity contribution in [2.75, 3.05) is 0 Å². The van der Waals surface area contributed by atoms with E-state index in [-0.39, 0.29) is 0 Å². The summed E-state index contributed by atoms with van der Waals surface area (Å²) in [6.45, 7) is 0. The Kier molecular flexibility index (Phi) is 5.03. The average Bonchev–Trinajstić information content (AvgIpc) is 3.62. The van der Waals surface area contributed by atoms with Crippen molar-refractivity contribution in [3.8, 4) is 30.2 Å². The van der Waals surface area contributed by atoms with Crippen LogP contribution in [0.1, 0.15) is 16.7 Å². The van der Waals surface area contributed by atoms with Crippen LogP contribution in [0.15, 0.2) is 121 Å². The van der Waals surface area contributed by atoms with Crippen LogP contribution in [0, 0.1) is 35.0 Å². The van der Waals surface area contributed by atoms with Crippen LogP contribution in [-0.2, 0) is 0 Å². The van der Waals surface area contributed by atoms with E-state index in [0.717, 1.165) is 76.9 Å². The van der Waals surface area contributed by atoms with Gasteiger partial charge in [0.15, 0.2) is 0 Å². The van der Waals surface area contributed by atoms with E-state index in [9.17, 15) is 10.5 Å². The van der Waals surface area contributed by atoms with E-state index < -0.39 is 0 Å². The number of benzene rings is 6. The molecule has 0 fully saturated rings. The van der Waals surface area contributed by atoms with Crippen molar-refractivity contribution in [2.24, 2.45) is 0 Å². The SMILES string of the molecule is C#Cc1ccc2c(c1)c1cccc3c1n2c1cccc2c4cc(C#N)ccc4n(c4ccccc4n3-c3ccc(C#N)cc3)c21. The minimum Gasteiger partial charge on any atom is -0.306 e. The summed E-state index contributed by atoms with van der Waals surface area (Å²) in [6, 6.07) is 45.7. The van der Waals surface area contributed by atoms with Gasteiger partial charge in [-0.2, -0.15) is 10.5 Å². The van der Waals surface area contributed by atoms with Crippen LogP contribution < -0.4 is 0 Å². The Bertz CT molecular complexity index is 2890. The van der Waals surface area contributed by atoms with Crippen molar-refractivity contribution in [1.82, 2.24) is 13.4 Å². The Morgan fingerprint density at radius 3 is 1.64 bits per heavy atom. The smallest absolute Gasteiger partial charge is 0.0991 e. The van der Waals surface area contributed by atoms with Crippen molar-refractivity contribution < 1.29 is 0 Å². The number of rotatable bonds is 1. The summed E-state index contributed by atoms with van der Waals surface area (Å²) in [6.07, 6.45) is 5.89. The van der Waals surface area contributed by atoms with E-state index in [2.05, 4.69) is 104 Å². The van der Waals surface area contributed by atoms with Crippen LogP contribution in [-0.4, -0.2) is 13.4 Å². The first-order valence-corrected chi connectivity index (χ1v) is 14.6. The molecule has 0 atom stereocenters. The summed E-state index contributed by atoms with van der Waals surface area (Å²) in [4.78, 5) is 0. The first kappa shape index (κ1) is 24.8. The topological polar surface area (TPSA) is 61.3 Å². The Morgan fingerprint density at radius 2 is 0.978 bits per heavy atom. The number of hydrogen-bond donors (Lipinski definition) is 0. The Hall–Kier alpha value is -6.74. The lowest BCUT2D eigenvalue weighted by Gasteiger charge is -2.13. The molecule has 0 bridgehead atoms. The molecule has 206 valence electrons. The lowest BCUT2D eigenvalue weighted by atomic mass is 10.1. The zero-order chi connectivity index (χ0) is 30.2. The summed E-state index contributed by atoms with van der Waals surface area (Å²) in [5, 5.41) is 23.7. The summed E-state index contributed by atoms with van der Waals surface area (Å²) >= 11 is 0. The van der Waals surface area contributed by atoms with Crippen molar-refractivity contribution in [2.45, 2.75) is 0 Å². The van der Waals surface area contributed by atoms with Crippen LogP contribution in [0.5, 0.6) is 0 Å². The van der Waals surface area contributed by atoms with Crippen LogP contribution in [0.4, 0.5) is 0 Å². The number of nitrogens with zero attached hydrogens (tertiary/aromatic N) is 5. The van der Waals surface area contributed by atoms with Gasteiger partial charge in [0, 0.05) is 32.8 Å². The largest absolute Gasteiger partial charge is 0.306 e. The number of terminal acetylenes is 1. The molecule has 6 aromatic carbocycles. The molecule has 9 aromatic rings. The van der Waals surface area contributed by atoms with E-state index in [1.165, 1.54) is 0 Å². The molecule has 45 heavy (non-hydrogen) atoms. The third-order valence-electron chi connectivity index (χ3n) is 8.93. The second-order valence-electron chi connectivity index (χ2n) is 11.2. The fourth-order valence-corrected chi connectivity index (χ4v) is 7.06. The highest BCUT2D eigenvalue weighted by atomic mass is 15.0. The van der Waals surface area contributed by atoms with Gasteiger partial charge in [0.2, 0.25) is 0 Å². The summed E-state index contributed by atoms with van der Waals surface area (Å²) in [5.41, 5.74) is 11.1. The molecule has 9 rings (SSSR count). The maximum Gasteiger partial charge on any atom is 0.0991 e. The fourth-order valence-electron chi connectivity index (χ4n) is 7.06. The minimum atomic E-state index is 0.601. The Morgan fingerprint density at radius 1 is 0.444 bits per heavy atom. The lowest BCUT2D eigenvalue weighted by molar-refractivity contribution is 1.15. The van der Waals surface area contributed by atoms with Gasteiger partial charge in [-0.3, -0.25) is 0 Å². The standard InChI is InChI=1S/C40H21N5/c1-2-25-15-19-34-31(21-25)29-7-5-11-37-39(29)45(34)38-12-6-8-30-32-22-27(24-42)16-20-33(32)44(40(30)38)36-10-4-3-9-35(36)43(37)28-17-13-26(23-41)14-18-28/h1,3-22H. The van der Waals surface area contributed by atoms with Gasteiger partial charge in [0.25, 0.3) is 0 Å². The number of aromatic nitrogens is 3. The highest BCUT2D eigenvalue weighted by molar-refractivity contribution is 6.19. The first-order chi connectivity index (χ1) is 22.2. The number of hydrogen-bond acceptors (Lipinski definition) is 2. The Labute approximate surface area is 257 Å². The molecule has 0 radical (unpaired) electrons. The summed E-state index contributed by atoms with van der Waals surface area (Å²) in [7, 11) is 0. The molecular weight excluding hydrogens is 550 g/mol. The van der Waals surface area contributed by atoms with Crippen LogP contribution >= 0.6 is 0 Å². The fraction of sp³-hybridized carbons (Fsp3) is 0. The van der Waals surface area contributed by atoms with E-state index in [4.69, 9.17) is 6.42 Å². The molecule has 0 N–H and O–H groups in total. The second kappa shape index (κ2) is 9.13. The molecule has 0 spiro atoms. The molecule has 0 aliphatic rings. The van der Waals surface area contributed by atoms with Gasteiger partial charge in [-0.15, -0.1) is 6.42 Å². The molecule has 0 aliphatic carbocycles. The normalized spacial score (nSPS) is 11.5. The highest BCUT2D eigenvalue weighted by Gasteiger charge is 2.20. The molecule has 0 amide bonds. The molecule has 5 heteroatoms. The van der Waals surface area contributed by atoms with Crippen molar-refractivity contribution >= 4 is 65.7 Å². The molecule has 3 heterocycles. The van der Waals surface area contributed by atoms with E-state index in [1.807, 2.05) is 48.5 Å². The Balaban J connectivity index is 1.71. The van der Waals surface area contributed by atoms with Crippen molar-refractivity contribution in [3.05, 3.63) is 138 Å². The van der Waals surface area contributed by atoms with Gasteiger partial charge >= 0.3 is 0 Å². The van der Waals surface area contributed by atoms with Gasteiger partial charge < -0.3 is 13.4 Å². The van der Waals surface area contributed by atoms with E-state index >= 15 is 0 Å². The maximum atomic E-state index is 9.83. The summed E-state index contributed by atoms with van der Waals surface area (Å²) in [5.74, 6) is 2.82. The second-order valence-corrected chi connectivity index (χ2v) is 11.2. The molecular formula is C40H21N5. The number of nitriles is 2.